The summed E-state index contributed by atoms with van der Waals surface area (Å²) in [4.78, 5) is 8.49. The van der Waals surface area contributed by atoms with Crippen molar-refractivity contribution in [3.05, 3.63) is 48.4 Å². The van der Waals surface area contributed by atoms with Gasteiger partial charge in [-0.05, 0) is 12.1 Å². The Kier molecular flexibility index (Phi) is 2.86. The minimum atomic E-state index is -0.675. The summed E-state index contributed by atoms with van der Waals surface area (Å²) < 4.78 is 29.1. The van der Waals surface area contributed by atoms with E-state index >= 15 is 0 Å². The van der Waals surface area contributed by atoms with Crippen LogP contribution in [0.4, 0.5) is 8.78 Å². The molecule has 0 fully saturated rings. The van der Waals surface area contributed by atoms with Crippen LogP contribution in [0.3, 0.4) is 0 Å². The fourth-order valence-electron chi connectivity index (χ4n) is 1.99. The maximum absolute atomic E-state index is 13.9. The Labute approximate surface area is 126 Å². The number of halogens is 2. The molecule has 0 unspecified atom stereocenters. The molecule has 3 heterocycles. The maximum Gasteiger partial charge on any atom is 0.235 e. The minimum absolute atomic E-state index is 0.178. The summed E-state index contributed by atoms with van der Waals surface area (Å²) in [5, 5.41) is 12.3. The molecule has 108 valence electrons. The van der Waals surface area contributed by atoms with Gasteiger partial charge in [0.15, 0.2) is 5.01 Å². The molecule has 0 saturated carbocycles. The van der Waals surface area contributed by atoms with Crippen LogP contribution in [0.5, 0.6) is 0 Å². The summed E-state index contributed by atoms with van der Waals surface area (Å²) in [5.74, 6) is -0.987. The van der Waals surface area contributed by atoms with Gasteiger partial charge in [0, 0.05) is 12.4 Å². The van der Waals surface area contributed by atoms with Crippen LogP contribution in [0, 0.1) is 11.6 Å². The third-order valence-corrected chi connectivity index (χ3v) is 3.88. The van der Waals surface area contributed by atoms with Crippen LogP contribution in [0.2, 0.25) is 0 Å². The summed E-state index contributed by atoms with van der Waals surface area (Å²) in [6.45, 7) is 0. The van der Waals surface area contributed by atoms with Gasteiger partial charge < -0.3 is 0 Å². The van der Waals surface area contributed by atoms with Crippen LogP contribution in [0.25, 0.3) is 27.1 Å². The molecule has 6 nitrogen and oxygen atoms in total. The summed E-state index contributed by atoms with van der Waals surface area (Å²) in [6.07, 6.45) is 4.56. The molecule has 3 aromatic heterocycles. The Bertz CT molecular complexity index is 945. The number of rotatable bonds is 2. The normalized spacial score (nSPS) is 11.2. The van der Waals surface area contributed by atoms with Crippen LogP contribution in [-0.2, 0) is 0 Å². The number of hydrogen-bond donors (Lipinski definition) is 0. The van der Waals surface area contributed by atoms with Crippen molar-refractivity contribution in [1.29, 1.82) is 0 Å². The third kappa shape index (κ3) is 1.94. The van der Waals surface area contributed by atoms with Crippen molar-refractivity contribution in [1.82, 2.24) is 29.8 Å². The number of aromatic nitrogens is 6. The first-order valence-electron chi connectivity index (χ1n) is 6.17. The van der Waals surface area contributed by atoms with E-state index in [9.17, 15) is 8.78 Å². The zero-order valence-electron chi connectivity index (χ0n) is 10.8. The highest BCUT2D eigenvalue weighted by Crippen LogP contribution is 2.30. The molecule has 0 aliphatic heterocycles. The van der Waals surface area contributed by atoms with Crippen molar-refractivity contribution in [2.75, 3.05) is 0 Å². The second-order valence-electron chi connectivity index (χ2n) is 4.31. The van der Waals surface area contributed by atoms with E-state index in [1.165, 1.54) is 41.3 Å². The van der Waals surface area contributed by atoms with Crippen LogP contribution in [0.15, 0.2) is 36.8 Å². The molecule has 0 aliphatic rings. The Morgan fingerprint density at radius 1 is 1.05 bits per heavy atom. The van der Waals surface area contributed by atoms with Gasteiger partial charge in [-0.15, -0.1) is 10.2 Å². The van der Waals surface area contributed by atoms with E-state index in [0.29, 0.717) is 16.5 Å². The summed E-state index contributed by atoms with van der Waals surface area (Å²) in [6, 6.07) is 3.67. The number of hydrogen-bond acceptors (Lipinski definition) is 6. The standard InChI is InChI=1S/C13H6F2N6S/c14-7-2-1-3-8(15)10(7)12-20-21-11(18-19-13(21)22-12)9-6-16-4-5-17-9/h1-6H. The molecule has 0 atom stereocenters. The first-order chi connectivity index (χ1) is 10.7. The highest BCUT2D eigenvalue weighted by atomic mass is 32.1. The molecule has 0 bridgehead atoms. The van der Waals surface area contributed by atoms with Crippen molar-refractivity contribution >= 4 is 16.3 Å². The van der Waals surface area contributed by atoms with Gasteiger partial charge in [0.1, 0.15) is 17.3 Å². The predicted molar refractivity (Wildman–Crippen MR) is 75.0 cm³/mol. The minimum Gasteiger partial charge on any atom is -0.261 e. The number of nitrogens with zero attached hydrogens (tertiary/aromatic N) is 6. The van der Waals surface area contributed by atoms with Gasteiger partial charge in [0.05, 0.1) is 11.8 Å². The van der Waals surface area contributed by atoms with Gasteiger partial charge in [-0.3, -0.25) is 4.98 Å². The average molecular weight is 316 g/mol. The second kappa shape index (κ2) is 4.88. The second-order valence-corrected chi connectivity index (χ2v) is 5.27. The van der Waals surface area contributed by atoms with Gasteiger partial charge in [-0.1, -0.05) is 17.4 Å². The van der Waals surface area contributed by atoms with Crippen LogP contribution in [-0.4, -0.2) is 29.8 Å². The summed E-state index contributed by atoms with van der Waals surface area (Å²) >= 11 is 1.04. The third-order valence-electron chi connectivity index (χ3n) is 2.96. The topological polar surface area (TPSA) is 68.9 Å². The SMILES string of the molecule is Fc1cccc(F)c1-c1nn2c(-c3cnccn3)nnc2s1. The largest absolute Gasteiger partial charge is 0.261 e. The molecule has 0 spiro atoms. The van der Waals surface area contributed by atoms with Gasteiger partial charge in [-0.25, -0.2) is 13.8 Å². The van der Waals surface area contributed by atoms with E-state index in [1.807, 2.05) is 0 Å². The zero-order valence-corrected chi connectivity index (χ0v) is 11.6. The molecule has 22 heavy (non-hydrogen) atoms. The Balaban J connectivity index is 1.91. The highest BCUT2D eigenvalue weighted by Gasteiger charge is 2.19. The van der Waals surface area contributed by atoms with Crippen molar-refractivity contribution in [3.8, 4) is 22.1 Å². The van der Waals surface area contributed by atoms with Gasteiger partial charge in [0.2, 0.25) is 10.8 Å². The fourth-order valence-corrected chi connectivity index (χ4v) is 2.88. The fraction of sp³-hybridized carbons (Fsp3) is 0. The smallest absolute Gasteiger partial charge is 0.235 e. The molecule has 0 amide bonds. The van der Waals surface area contributed by atoms with E-state index in [2.05, 4.69) is 25.3 Å². The number of fused-ring (bicyclic) bond motifs is 1. The van der Waals surface area contributed by atoms with Crippen molar-refractivity contribution in [2.45, 2.75) is 0 Å². The lowest BCUT2D eigenvalue weighted by molar-refractivity contribution is 0.589. The maximum atomic E-state index is 13.9. The molecule has 4 aromatic rings. The van der Waals surface area contributed by atoms with E-state index in [-0.39, 0.29) is 10.6 Å². The van der Waals surface area contributed by atoms with E-state index in [4.69, 9.17) is 0 Å². The lowest BCUT2D eigenvalue weighted by Crippen LogP contribution is -1.95. The Morgan fingerprint density at radius 2 is 1.86 bits per heavy atom. The predicted octanol–water partition coefficient (Wildman–Crippen LogP) is 2.59. The Morgan fingerprint density at radius 3 is 2.59 bits per heavy atom. The van der Waals surface area contributed by atoms with Crippen LogP contribution < -0.4 is 0 Å². The quantitative estimate of drug-likeness (QED) is 0.568. The van der Waals surface area contributed by atoms with Crippen molar-refractivity contribution in [3.63, 3.8) is 0 Å². The average Bonchev–Trinajstić information content (AvgIpc) is 3.08. The Hall–Kier alpha value is -2.81. The molecule has 1 aromatic carbocycles. The van der Waals surface area contributed by atoms with Gasteiger partial charge in [-0.2, -0.15) is 9.61 Å². The first-order valence-corrected chi connectivity index (χ1v) is 6.98. The molecule has 9 heteroatoms. The zero-order chi connectivity index (χ0) is 15.1. The molecule has 4 rings (SSSR count). The first kappa shape index (κ1) is 12.9. The van der Waals surface area contributed by atoms with Crippen LogP contribution in [0.1, 0.15) is 0 Å². The molecular formula is C13H6F2N6S. The molecule has 0 aliphatic carbocycles. The summed E-state index contributed by atoms with van der Waals surface area (Å²) in [5.41, 5.74) is 0.295. The summed E-state index contributed by atoms with van der Waals surface area (Å²) in [7, 11) is 0. The van der Waals surface area contributed by atoms with E-state index < -0.39 is 11.6 Å². The van der Waals surface area contributed by atoms with E-state index in [0.717, 1.165) is 11.3 Å². The lowest BCUT2D eigenvalue weighted by atomic mass is 10.2. The molecule has 0 saturated heterocycles. The highest BCUT2D eigenvalue weighted by molar-refractivity contribution is 7.19. The monoisotopic (exact) mass is 316 g/mol. The molecular weight excluding hydrogens is 310 g/mol. The molecule has 0 radical (unpaired) electrons. The van der Waals surface area contributed by atoms with Crippen molar-refractivity contribution in [2.24, 2.45) is 0 Å². The van der Waals surface area contributed by atoms with Gasteiger partial charge >= 0.3 is 0 Å². The number of benzene rings is 1. The van der Waals surface area contributed by atoms with E-state index in [1.54, 1.807) is 0 Å². The van der Waals surface area contributed by atoms with Crippen LogP contribution >= 0.6 is 11.3 Å². The van der Waals surface area contributed by atoms with Crippen molar-refractivity contribution < 1.29 is 8.78 Å². The van der Waals surface area contributed by atoms with Gasteiger partial charge in [0.25, 0.3) is 0 Å². The molecule has 0 N–H and O–H groups in total. The lowest BCUT2D eigenvalue weighted by Gasteiger charge is -1.99.